The smallest absolute Gasteiger partial charge is 0.337 e. The van der Waals surface area contributed by atoms with E-state index < -0.39 is 5.97 Å². The normalized spacial score (nSPS) is 10.7. The molecule has 2 heterocycles. The predicted molar refractivity (Wildman–Crippen MR) is 82.0 cm³/mol. The Balaban J connectivity index is 1.68. The molecule has 2 aromatic heterocycles. The van der Waals surface area contributed by atoms with Crippen LogP contribution in [0, 0.1) is 0 Å². The van der Waals surface area contributed by atoms with Crippen LogP contribution >= 0.6 is 11.3 Å². The quantitative estimate of drug-likeness (QED) is 0.696. The Morgan fingerprint density at radius 2 is 2.26 bits per heavy atom. The first kappa shape index (κ1) is 15.0. The van der Waals surface area contributed by atoms with Crippen LogP contribution in [-0.2, 0) is 16.1 Å². The van der Waals surface area contributed by atoms with Crippen LogP contribution in [0.25, 0.3) is 10.2 Å². The van der Waals surface area contributed by atoms with Gasteiger partial charge >= 0.3 is 5.97 Å². The third kappa shape index (κ3) is 3.48. The number of aromatic nitrogens is 5. The molecule has 0 saturated carbocycles. The molecule has 0 radical (unpaired) electrons. The van der Waals surface area contributed by atoms with E-state index in [4.69, 9.17) is 0 Å². The number of benzene rings is 1. The number of methoxy groups -OCH3 is 1. The molecule has 0 atom stereocenters. The molecule has 0 aliphatic heterocycles. The molecule has 3 rings (SSSR count). The fourth-order valence-electron chi connectivity index (χ4n) is 1.90. The molecule has 0 aliphatic carbocycles. The maximum Gasteiger partial charge on any atom is 0.337 e. The van der Waals surface area contributed by atoms with Gasteiger partial charge < -0.3 is 10.1 Å². The van der Waals surface area contributed by atoms with Crippen molar-refractivity contribution in [1.29, 1.82) is 0 Å². The van der Waals surface area contributed by atoms with Crippen molar-refractivity contribution in [2.24, 2.45) is 0 Å². The number of amides is 1. The fourth-order valence-corrected chi connectivity index (χ4v) is 2.82. The second-order valence-corrected chi connectivity index (χ2v) is 5.59. The molecule has 0 bridgehead atoms. The van der Waals surface area contributed by atoms with E-state index in [-0.39, 0.29) is 12.3 Å². The fraction of sp³-hybridized carbons (Fsp3) is 0.231. The Kier molecular flexibility index (Phi) is 4.24. The zero-order valence-corrected chi connectivity index (χ0v) is 12.9. The van der Waals surface area contributed by atoms with Crippen molar-refractivity contribution in [1.82, 2.24) is 25.2 Å². The average Bonchev–Trinajstić information content (AvgIpc) is 3.20. The number of aryl methyl sites for hydroxylation is 1. The van der Waals surface area contributed by atoms with E-state index in [1.165, 1.54) is 29.5 Å². The summed E-state index contributed by atoms with van der Waals surface area (Å²) in [6, 6.07) is 5.04. The van der Waals surface area contributed by atoms with Gasteiger partial charge in [0.05, 0.1) is 29.4 Å². The van der Waals surface area contributed by atoms with Gasteiger partial charge in [-0.05, 0) is 28.6 Å². The monoisotopic (exact) mass is 332 g/mol. The number of carbonyl (C=O) groups excluding carboxylic acids is 2. The third-order valence-corrected chi connectivity index (χ3v) is 3.95. The van der Waals surface area contributed by atoms with E-state index >= 15 is 0 Å². The number of ether oxygens (including phenoxy) is 1. The highest BCUT2D eigenvalue weighted by atomic mass is 32.1. The summed E-state index contributed by atoms with van der Waals surface area (Å²) in [5.74, 6) is -0.597. The number of hydrogen-bond acceptors (Lipinski definition) is 8. The lowest BCUT2D eigenvalue weighted by Gasteiger charge is -2.00. The molecular weight excluding hydrogens is 320 g/mol. The molecular formula is C13H12N6O3S. The van der Waals surface area contributed by atoms with Gasteiger partial charge in [0.15, 0.2) is 5.13 Å². The highest BCUT2D eigenvalue weighted by Crippen LogP contribution is 2.27. The second kappa shape index (κ2) is 6.48. The summed E-state index contributed by atoms with van der Waals surface area (Å²) in [4.78, 5) is 27.7. The average molecular weight is 332 g/mol. The number of carbonyl (C=O) groups is 2. The standard InChI is InChI=1S/C13H12N6O3S/c1-22-12(21)8-2-3-9-10(6-8)23-13(15-9)16-11(20)4-5-19-7-14-17-18-19/h2-3,6-7H,4-5H2,1H3,(H,15,16,20). The first-order valence-corrected chi connectivity index (χ1v) is 7.47. The number of fused-ring (bicyclic) bond motifs is 1. The molecule has 0 spiro atoms. The van der Waals surface area contributed by atoms with E-state index in [0.29, 0.717) is 22.8 Å². The number of thiazole rings is 1. The van der Waals surface area contributed by atoms with Crippen molar-refractivity contribution >= 4 is 38.6 Å². The van der Waals surface area contributed by atoms with Gasteiger partial charge in [0, 0.05) is 6.42 Å². The molecule has 1 aromatic carbocycles. The van der Waals surface area contributed by atoms with Crippen LogP contribution < -0.4 is 5.32 Å². The van der Waals surface area contributed by atoms with E-state index in [1.54, 1.807) is 18.2 Å². The van der Waals surface area contributed by atoms with Gasteiger partial charge in [-0.2, -0.15) is 0 Å². The maximum atomic E-state index is 11.9. The highest BCUT2D eigenvalue weighted by molar-refractivity contribution is 7.22. The molecule has 9 nitrogen and oxygen atoms in total. The first-order chi connectivity index (χ1) is 11.2. The minimum absolute atomic E-state index is 0.187. The highest BCUT2D eigenvalue weighted by Gasteiger charge is 2.11. The van der Waals surface area contributed by atoms with Crippen molar-refractivity contribution in [3.8, 4) is 0 Å². The Morgan fingerprint density at radius 3 is 3.00 bits per heavy atom. The van der Waals surface area contributed by atoms with Gasteiger partial charge in [-0.3, -0.25) is 4.79 Å². The van der Waals surface area contributed by atoms with E-state index in [1.807, 2.05) is 0 Å². The minimum atomic E-state index is -0.410. The summed E-state index contributed by atoms with van der Waals surface area (Å²) >= 11 is 1.29. The predicted octanol–water partition coefficient (Wildman–Crippen LogP) is 1.10. The lowest BCUT2D eigenvalue weighted by atomic mass is 10.2. The summed E-state index contributed by atoms with van der Waals surface area (Å²) in [6.07, 6.45) is 1.67. The topological polar surface area (TPSA) is 112 Å². The van der Waals surface area contributed by atoms with Crippen molar-refractivity contribution in [2.45, 2.75) is 13.0 Å². The zero-order chi connectivity index (χ0) is 16.2. The molecule has 1 N–H and O–H groups in total. The molecule has 0 unspecified atom stereocenters. The van der Waals surface area contributed by atoms with Gasteiger partial charge in [-0.1, -0.05) is 11.3 Å². The van der Waals surface area contributed by atoms with Gasteiger partial charge in [-0.25, -0.2) is 14.5 Å². The number of rotatable bonds is 5. The number of nitrogens with one attached hydrogen (secondary N) is 1. The Labute approximate surface area is 134 Å². The summed E-state index contributed by atoms with van der Waals surface area (Å²) < 4.78 is 6.95. The van der Waals surface area contributed by atoms with Crippen LogP contribution in [0.3, 0.4) is 0 Å². The van der Waals surface area contributed by atoms with Crippen LogP contribution in [0.1, 0.15) is 16.8 Å². The molecule has 0 saturated heterocycles. The number of nitrogens with zero attached hydrogens (tertiary/aromatic N) is 5. The van der Waals surface area contributed by atoms with E-state index in [2.05, 4.69) is 30.6 Å². The Hall–Kier alpha value is -2.88. The minimum Gasteiger partial charge on any atom is -0.465 e. The third-order valence-electron chi connectivity index (χ3n) is 3.02. The van der Waals surface area contributed by atoms with Crippen molar-refractivity contribution in [2.75, 3.05) is 12.4 Å². The largest absolute Gasteiger partial charge is 0.465 e. The molecule has 10 heteroatoms. The van der Waals surface area contributed by atoms with Crippen LogP contribution in [0.15, 0.2) is 24.5 Å². The lowest BCUT2D eigenvalue weighted by molar-refractivity contribution is -0.116. The SMILES string of the molecule is COC(=O)c1ccc2nc(NC(=O)CCn3cnnn3)sc2c1. The molecule has 118 valence electrons. The van der Waals surface area contributed by atoms with Crippen LogP contribution in [-0.4, -0.2) is 44.2 Å². The van der Waals surface area contributed by atoms with Gasteiger partial charge in [0.2, 0.25) is 5.91 Å². The molecule has 0 aliphatic rings. The van der Waals surface area contributed by atoms with Gasteiger partial charge in [0.25, 0.3) is 0 Å². The van der Waals surface area contributed by atoms with Crippen molar-refractivity contribution in [3.63, 3.8) is 0 Å². The molecule has 23 heavy (non-hydrogen) atoms. The maximum absolute atomic E-state index is 11.9. The molecule has 1 amide bonds. The van der Waals surface area contributed by atoms with E-state index in [9.17, 15) is 9.59 Å². The molecule has 0 fully saturated rings. The van der Waals surface area contributed by atoms with Gasteiger partial charge in [0.1, 0.15) is 6.33 Å². The first-order valence-electron chi connectivity index (χ1n) is 6.65. The summed E-state index contributed by atoms with van der Waals surface area (Å²) in [6.45, 7) is 0.385. The van der Waals surface area contributed by atoms with Crippen LogP contribution in [0.4, 0.5) is 5.13 Å². The molecule has 3 aromatic rings. The number of tetrazole rings is 1. The van der Waals surface area contributed by atoms with Crippen molar-refractivity contribution in [3.05, 3.63) is 30.1 Å². The summed E-state index contributed by atoms with van der Waals surface area (Å²) in [7, 11) is 1.33. The Bertz CT molecular complexity index is 845. The van der Waals surface area contributed by atoms with Crippen LogP contribution in [0.2, 0.25) is 0 Å². The zero-order valence-electron chi connectivity index (χ0n) is 12.1. The summed E-state index contributed by atoms with van der Waals surface area (Å²) in [5.41, 5.74) is 1.15. The lowest BCUT2D eigenvalue weighted by Crippen LogP contribution is -2.14. The van der Waals surface area contributed by atoms with Gasteiger partial charge in [-0.15, -0.1) is 5.10 Å². The van der Waals surface area contributed by atoms with Crippen LogP contribution in [0.5, 0.6) is 0 Å². The number of anilines is 1. The van der Waals surface area contributed by atoms with E-state index in [0.717, 1.165) is 4.70 Å². The number of hydrogen-bond donors (Lipinski definition) is 1. The second-order valence-electron chi connectivity index (χ2n) is 4.56. The Morgan fingerprint density at radius 1 is 1.39 bits per heavy atom. The summed E-state index contributed by atoms with van der Waals surface area (Å²) in [5, 5.41) is 13.9. The van der Waals surface area contributed by atoms with Crippen molar-refractivity contribution < 1.29 is 14.3 Å². The number of esters is 1.